The summed E-state index contributed by atoms with van der Waals surface area (Å²) in [6, 6.07) is 13.5. The van der Waals surface area contributed by atoms with Gasteiger partial charge >= 0.3 is 0 Å². The van der Waals surface area contributed by atoms with Crippen molar-refractivity contribution in [3.8, 4) is 0 Å². The lowest BCUT2D eigenvalue weighted by Gasteiger charge is -2.29. The van der Waals surface area contributed by atoms with Gasteiger partial charge in [-0.15, -0.1) is 0 Å². The molecule has 0 heterocycles. The van der Waals surface area contributed by atoms with Gasteiger partial charge in [0, 0.05) is 10.5 Å². The van der Waals surface area contributed by atoms with Gasteiger partial charge in [0.1, 0.15) is 0 Å². The number of benzene rings is 2. The summed E-state index contributed by atoms with van der Waals surface area (Å²) < 4.78 is 1.17. The smallest absolute Gasteiger partial charge is 0.0354 e. The third-order valence-electron chi connectivity index (χ3n) is 4.24. The zero-order valence-corrected chi connectivity index (χ0v) is 14.4. The molecule has 0 amide bonds. The molecule has 1 nitrogen and oxygen atoms in total. The number of nitrogens with one attached hydrogen (secondary N) is 1. The SMILES string of the molecule is CCNC(c1ccc(Br)c2ccccc12)C(C)C(C)C. The highest BCUT2D eigenvalue weighted by Crippen LogP contribution is 2.35. The van der Waals surface area contributed by atoms with Crippen LogP contribution in [0.25, 0.3) is 10.8 Å². The van der Waals surface area contributed by atoms with E-state index in [-0.39, 0.29) is 0 Å². The van der Waals surface area contributed by atoms with Crippen LogP contribution in [0, 0.1) is 11.8 Å². The van der Waals surface area contributed by atoms with Gasteiger partial charge in [-0.05, 0) is 40.8 Å². The second-order valence-electron chi connectivity index (χ2n) is 5.82. The fraction of sp³-hybridized carbons (Fsp3) is 0.444. The van der Waals surface area contributed by atoms with E-state index in [1.54, 1.807) is 0 Å². The molecule has 2 atom stereocenters. The lowest BCUT2D eigenvalue weighted by Crippen LogP contribution is -2.29. The minimum absolute atomic E-state index is 0.401. The van der Waals surface area contributed by atoms with Crippen molar-refractivity contribution in [2.75, 3.05) is 6.54 Å². The molecular formula is C18H24BrN. The second kappa shape index (κ2) is 6.73. The summed E-state index contributed by atoms with van der Waals surface area (Å²) in [6.07, 6.45) is 0. The summed E-state index contributed by atoms with van der Waals surface area (Å²) in [4.78, 5) is 0. The van der Waals surface area contributed by atoms with Crippen molar-refractivity contribution >= 4 is 26.7 Å². The molecule has 2 rings (SSSR count). The summed E-state index contributed by atoms with van der Waals surface area (Å²) >= 11 is 3.66. The Labute approximate surface area is 130 Å². The number of halogens is 1. The van der Waals surface area contributed by atoms with Crippen LogP contribution in [0.1, 0.15) is 39.3 Å². The third kappa shape index (κ3) is 3.07. The van der Waals surface area contributed by atoms with Gasteiger partial charge in [-0.2, -0.15) is 0 Å². The van der Waals surface area contributed by atoms with Crippen LogP contribution in [0.15, 0.2) is 40.9 Å². The van der Waals surface area contributed by atoms with Crippen molar-refractivity contribution in [1.29, 1.82) is 0 Å². The molecule has 0 aromatic heterocycles. The fourth-order valence-corrected chi connectivity index (χ4v) is 3.22. The minimum Gasteiger partial charge on any atom is -0.310 e. The fourth-order valence-electron chi connectivity index (χ4n) is 2.74. The quantitative estimate of drug-likeness (QED) is 0.756. The van der Waals surface area contributed by atoms with Crippen molar-refractivity contribution < 1.29 is 0 Å². The van der Waals surface area contributed by atoms with E-state index in [0.29, 0.717) is 17.9 Å². The van der Waals surface area contributed by atoms with E-state index in [4.69, 9.17) is 0 Å². The van der Waals surface area contributed by atoms with E-state index in [2.05, 4.69) is 85.3 Å². The molecular weight excluding hydrogens is 310 g/mol. The van der Waals surface area contributed by atoms with Gasteiger partial charge in [-0.1, -0.05) is 74.0 Å². The van der Waals surface area contributed by atoms with Gasteiger partial charge in [0.2, 0.25) is 0 Å². The maximum absolute atomic E-state index is 3.68. The number of rotatable bonds is 5. The molecule has 20 heavy (non-hydrogen) atoms. The standard InChI is InChI=1S/C18H24BrN/c1-5-20-18(13(4)12(2)3)16-10-11-17(19)15-9-7-6-8-14(15)16/h6-13,18,20H,5H2,1-4H3. The average Bonchev–Trinajstić information content (AvgIpc) is 2.45. The predicted molar refractivity (Wildman–Crippen MR) is 92.1 cm³/mol. The molecule has 0 aliphatic heterocycles. The second-order valence-corrected chi connectivity index (χ2v) is 6.68. The first kappa shape index (κ1) is 15.5. The number of hydrogen-bond acceptors (Lipinski definition) is 1. The van der Waals surface area contributed by atoms with E-state index in [1.165, 1.54) is 20.8 Å². The molecule has 2 aromatic rings. The van der Waals surface area contributed by atoms with Gasteiger partial charge in [0.05, 0.1) is 0 Å². The van der Waals surface area contributed by atoms with Crippen LogP contribution in [0.5, 0.6) is 0 Å². The first-order valence-corrected chi connectivity index (χ1v) is 8.26. The molecule has 2 aromatic carbocycles. The number of hydrogen-bond donors (Lipinski definition) is 1. The Hall–Kier alpha value is -0.860. The third-order valence-corrected chi connectivity index (χ3v) is 4.93. The first-order chi connectivity index (χ1) is 9.56. The van der Waals surface area contributed by atoms with Gasteiger partial charge in [-0.25, -0.2) is 0 Å². The highest BCUT2D eigenvalue weighted by molar-refractivity contribution is 9.10. The van der Waals surface area contributed by atoms with E-state index >= 15 is 0 Å². The average molecular weight is 334 g/mol. The minimum atomic E-state index is 0.401. The van der Waals surface area contributed by atoms with Gasteiger partial charge in [0.25, 0.3) is 0 Å². The molecule has 0 saturated carbocycles. The number of fused-ring (bicyclic) bond motifs is 1. The summed E-state index contributed by atoms with van der Waals surface area (Å²) in [5.41, 5.74) is 1.41. The van der Waals surface area contributed by atoms with Crippen LogP contribution < -0.4 is 5.32 Å². The molecule has 0 spiro atoms. The Kier molecular flexibility index (Phi) is 5.22. The Morgan fingerprint density at radius 2 is 1.65 bits per heavy atom. The lowest BCUT2D eigenvalue weighted by molar-refractivity contribution is 0.309. The van der Waals surface area contributed by atoms with Crippen LogP contribution in [-0.2, 0) is 0 Å². The molecule has 2 heteroatoms. The van der Waals surface area contributed by atoms with Crippen LogP contribution >= 0.6 is 15.9 Å². The molecule has 0 radical (unpaired) electrons. The van der Waals surface area contributed by atoms with Crippen molar-refractivity contribution in [1.82, 2.24) is 5.32 Å². The maximum Gasteiger partial charge on any atom is 0.0354 e. The Morgan fingerprint density at radius 3 is 2.25 bits per heavy atom. The largest absolute Gasteiger partial charge is 0.310 e. The lowest BCUT2D eigenvalue weighted by atomic mass is 9.84. The molecule has 0 aliphatic carbocycles. The van der Waals surface area contributed by atoms with Gasteiger partial charge in [-0.3, -0.25) is 0 Å². The van der Waals surface area contributed by atoms with Crippen molar-refractivity contribution in [3.63, 3.8) is 0 Å². The monoisotopic (exact) mass is 333 g/mol. The van der Waals surface area contributed by atoms with Crippen LogP contribution in [0.2, 0.25) is 0 Å². The van der Waals surface area contributed by atoms with Crippen molar-refractivity contribution in [3.05, 3.63) is 46.4 Å². The van der Waals surface area contributed by atoms with Crippen LogP contribution in [0.4, 0.5) is 0 Å². The van der Waals surface area contributed by atoms with Gasteiger partial charge in [0.15, 0.2) is 0 Å². The predicted octanol–water partition coefficient (Wildman–Crippen LogP) is 5.55. The normalized spacial score (nSPS) is 14.7. The Morgan fingerprint density at radius 1 is 1.00 bits per heavy atom. The zero-order chi connectivity index (χ0) is 14.7. The zero-order valence-electron chi connectivity index (χ0n) is 12.8. The summed E-state index contributed by atoms with van der Waals surface area (Å²) in [6.45, 7) is 10.1. The van der Waals surface area contributed by atoms with Crippen molar-refractivity contribution in [2.24, 2.45) is 11.8 Å². The van der Waals surface area contributed by atoms with E-state index in [0.717, 1.165) is 6.54 Å². The summed E-state index contributed by atoms with van der Waals surface area (Å²) in [5, 5.41) is 6.32. The molecule has 1 N–H and O–H groups in total. The van der Waals surface area contributed by atoms with E-state index in [9.17, 15) is 0 Å². The van der Waals surface area contributed by atoms with E-state index < -0.39 is 0 Å². The molecule has 0 bridgehead atoms. The molecule has 2 unspecified atom stereocenters. The molecule has 0 fully saturated rings. The van der Waals surface area contributed by atoms with E-state index in [1.807, 2.05) is 0 Å². The molecule has 0 aliphatic rings. The topological polar surface area (TPSA) is 12.0 Å². The summed E-state index contributed by atoms with van der Waals surface area (Å²) in [7, 11) is 0. The van der Waals surface area contributed by atoms with Crippen molar-refractivity contribution in [2.45, 2.75) is 33.7 Å². The highest BCUT2D eigenvalue weighted by atomic mass is 79.9. The first-order valence-electron chi connectivity index (χ1n) is 7.46. The molecule has 0 saturated heterocycles. The summed E-state index contributed by atoms with van der Waals surface area (Å²) in [5.74, 6) is 1.25. The maximum atomic E-state index is 3.68. The Balaban J connectivity index is 2.56. The van der Waals surface area contributed by atoms with Crippen LogP contribution in [0.3, 0.4) is 0 Å². The molecule has 108 valence electrons. The van der Waals surface area contributed by atoms with Crippen LogP contribution in [-0.4, -0.2) is 6.54 Å². The van der Waals surface area contributed by atoms with Gasteiger partial charge < -0.3 is 5.32 Å². The Bertz CT molecular complexity index is 577. The highest BCUT2D eigenvalue weighted by Gasteiger charge is 2.23.